The number of anilines is 1. The zero-order valence-electron chi connectivity index (χ0n) is 11.5. The average molecular weight is 273 g/mol. The number of nitrogens with zero attached hydrogens (tertiary/aromatic N) is 3. The van der Waals surface area contributed by atoms with Crippen LogP contribution in [0.1, 0.15) is 6.92 Å². The first-order chi connectivity index (χ1) is 9.67. The van der Waals surface area contributed by atoms with Gasteiger partial charge < -0.3 is 10.6 Å². The number of nitrogens with one attached hydrogen (secondary N) is 1. The Morgan fingerprint density at radius 2 is 2.35 bits per heavy atom. The molecule has 0 radical (unpaired) electrons. The highest BCUT2D eigenvalue weighted by molar-refractivity contribution is 5.89. The minimum absolute atomic E-state index is 0.101. The Morgan fingerprint density at radius 3 is 3.05 bits per heavy atom. The van der Waals surface area contributed by atoms with Crippen molar-refractivity contribution in [3.63, 3.8) is 0 Å². The third-order valence-corrected chi connectivity index (χ3v) is 3.96. The number of rotatable bonds is 2. The van der Waals surface area contributed by atoms with Gasteiger partial charge in [-0.25, -0.2) is 9.31 Å². The second-order valence-electron chi connectivity index (χ2n) is 5.41. The molecule has 2 unspecified atom stereocenters. The van der Waals surface area contributed by atoms with Crippen LogP contribution in [0, 0.1) is 11.8 Å². The molecule has 3 N–H and O–H groups in total. The molecule has 1 aliphatic rings. The summed E-state index contributed by atoms with van der Waals surface area (Å²) in [5.74, 6) is 1.42. The molecule has 0 spiro atoms. The van der Waals surface area contributed by atoms with Crippen LogP contribution in [0.15, 0.2) is 30.5 Å². The molecule has 3 heterocycles. The van der Waals surface area contributed by atoms with Crippen LogP contribution in [0.5, 0.6) is 0 Å². The highest BCUT2D eigenvalue weighted by Crippen LogP contribution is 2.22. The predicted molar refractivity (Wildman–Crippen MR) is 77.5 cm³/mol. The Hall–Kier alpha value is -2.08. The van der Waals surface area contributed by atoms with Crippen LogP contribution in [0.25, 0.3) is 5.52 Å². The van der Waals surface area contributed by atoms with E-state index in [2.05, 4.69) is 17.3 Å². The first-order valence-electron chi connectivity index (χ1n) is 6.88. The van der Waals surface area contributed by atoms with E-state index in [1.165, 1.54) is 0 Å². The van der Waals surface area contributed by atoms with E-state index in [1.54, 1.807) is 4.52 Å². The lowest BCUT2D eigenvalue weighted by molar-refractivity contribution is 0.220. The summed E-state index contributed by atoms with van der Waals surface area (Å²) in [7, 11) is 0. The fourth-order valence-corrected chi connectivity index (χ4v) is 2.69. The third kappa shape index (κ3) is 2.34. The fourth-order valence-electron chi connectivity index (χ4n) is 2.69. The van der Waals surface area contributed by atoms with E-state index in [-0.39, 0.29) is 6.03 Å². The molecule has 2 amide bonds. The first kappa shape index (κ1) is 12.9. The zero-order chi connectivity index (χ0) is 14.1. The third-order valence-electron chi connectivity index (χ3n) is 3.96. The molecular weight excluding hydrogens is 254 g/mol. The van der Waals surface area contributed by atoms with Crippen molar-refractivity contribution in [2.75, 3.05) is 25.0 Å². The molecule has 0 bridgehead atoms. The largest absolute Gasteiger partial charge is 0.330 e. The van der Waals surface area contributed by atoms with Crippen LogP contribution in [-0.2, 0) is 0 Å². The molecule has 1 fully saturated rings. The summed E-state index contributed by atoms with van der Waals surface area (Å²) in [5.41, 5.74) is 6.67. The molecule has 6 heteroatoms. The van der Waals surface area contributed by atoms with Crippen molar-refractivity contribution in [1.82, 2.24) is 14.5 Å². The number of hydrogen-bond acceptors (Lipinski definition) is 3. The van der Waals surface area contributed by atoms with Gasteiger partial charge in [-0.1, -0.05) is 13.0 Å². The summed E-state index contributed by atoms with van der Waals surface area (Å²) in [6.07, 6.45) is 1.85. The summed E-state index contributed by atoms with van der Waals surface area (Å²) in [6, 6.07) is 7.55. The van der Waals surface area contributed by atoms with E-state index >= 15 is 0 Å². The maximum Gasteiger partial charge on any atom is 0.323 e. The van der Waals surface area contributed by atoms with Gasteiger partial charge in [-0.05, 0) is 30.5 Å². The van der Waals surface area contributed by atoms with Crippen LogP contribution >= 0.6 is 0 Å². The monoisotopic (exact) mass is 273 g/mol. The van der Waals surface area contributed by atoms with E-state index < -0.39 is 0 Å². The number of carbonyl (C=O) groups is 1. The van der Waals surface area contributed by atoms with Crippen LogP contribution in [0.2, 0.25) is 0 Å². The minimum Gasteiger partial charge on any atom is -0.330 e. The topological polar surface area (TPSA) is 75.7 Å². The van der Waals surface area contributed by atoms with Crippen LogP contribution < -0.4 is 11.1 Å². The molecule has 2 atom stereocenters. The van der Waals surface area contributed by atoms with Crippen LogP contribution in [0.3, 0.4) is 0 Å². The van der Waals surface area contributed by atoms with Gasteiger partial charge in [-0.15, -0.1) is 5.10 Å². The van der Waals surface area contributed by atoms with Crippen LogP contribution in [0.4, 0.5) is 10.6 Å². The van der Waals surface area contributed by atoms with Crippen molar-refractivity contribution in [2.45, 2.75) is 6.92 Å². The molecule has 1 aliphatic heterocycles. The number of carbonyl (C=O) groups excluding carboxylic acids is 1. The summed E-state index contributed by atoms with van der Waals surface area (Å²) in [5, 5.41) is 7.17. The number of hydrogen-bond donors (Lipinski definition) is 2. The molecule has 0 saturated carbocycles. The van der Waals surface area contributed by atoms with Gasteiger partial charge >= 0.3 is 6.03 Å². The van der Waals surface area contributed by atoms with Gasteiger partial charge in [-0.3, -0.25) is 5.32 Å². The summed E-state index contributed by atoms with van der Waals surface area (Å²) in [4.78, 5) is 14.0. The molecule has 0 aliphatic carbocycles. The molecule has 0 aromatic carbocycles. The van der Waals surface area contributed by atoms with E-state index in [1.807, 2.05) is 35.4 Å². The Kier molecular flexibility index (Phi) is 3.31. The van der Waals surface area contributed by atoms with Crippen molar-refractivity contribution in [1.29, 1.82) is 0 Å². The lowest BCUT2D eigenvalue weighted by Crippen LogP contribution is -2.33. The van der Waals surface area contributed by atoms with Gasteiger partial charge in [0.15, 0.2) is 5.82 Å². The summed E-state index contributed by atoms with van der Waals surface area (Å²) in [6.45, 7) is 4.23. The molecular formula is C14H19N5O. The Balaban J connectivity index is 1.70. The molecule has 20 heavy (non-hydrogen) atoms. The number of amides is 2. The number of nitrogens with two attached hydrogens (primary N) is 1. The maximum atomic E-state index is 12.2. The van der Waals surface area contributed by atoms with Crippen molar-refractivity contribution < 1.29 is 4.79 Å². The number of fused-ring (bicyclic) bond motifs is 1. The Labute approximate surface area is 117 Å². The lowest BCUT2D eigenvalue weighted by Gasteiger charge is -2.15. The number of aromatic nitrogens is 2. The second-order valence-corrected chi connectivity index (χ2v) is 5.41. The number of pyridine rings is 1. The summed E-state index contributed by atoms with van der Waals surface area (Å²) < 4.78 is 1.74. The molecule has 106 valence electrons. The van der Waals surface area contributed by atoms with E-state index in [0.29, 0.717) is 24.2 Å². The summed E-state index contributed by atoms with van der Waals surface area (Å²) >= 11 is 0. The lowest BCUT2D eigenvalue weighted by atomic mass is 9.99. The maximum absolute atomic E-state index is 12.2. The zero-order valence-corrected chi connectivity index (χ0v) is 11.5. The standard InChI is InChI=1S/C14H19N5O/c1-10-8-18(9-11(10)7-15)14(20)16-13-6-12-4-2-3-5-19(12)17-13/h2-6,10-11H,7-9,15H2,1H3,(H,16,17,20). The Bertz CT molecular complexity index is 590. The normalized spacial score (nSPS) is 22.4. The number of urea groups is 1. The SMILES string of the molecule is CC1CN(C(=O)Nc2cc3ccccn3n2)CC1CN. The quantitative estimate of drug-likeness (QED) is 0.868. The molecule has 1 saturated heterocycles. The van der Waals surface area contributed by atoms with Crippen molar-refractivity contribution in [3.05, 3.63) is 30.5 Å². The molecule has 2 aromatic rings. The van der Waals surface area contributed by atoms with Gasteiger partial charge in [0, 0.05) is 25.4 Å². The van der Waals surface area contributed by atoms with E-state index in [9.17, 15) is 4.79 Å². The second kappa shape index (κ2) is 5.13. The molecule has 6 nitrogen and oxygen atoms in total. The first-order valence-corrected chi connectivity index (χ1v) is 6.88. The smallest absolute Gasteiger partial charge is 0.323 e. The molecule has 3 rings (SSSR count). The van der Waals surface area contributed by atoms with Crippen molar-refractivity contribution in [3.8, 4) is 0 Å². The minimum atomic E-state index is -0.101. The van der Waals surface area contributed by atoms with Gasteiger partial charge in [0.05, 0.1) is 5.52 Å². The fraction of sp³-hybridized carbons (Fsp3) is 0.429. The van der Waals surface area contributed by atoms with E-state index in [4.69, 9.17) is 5.73 Å². The van der Waals surface area contributed by atoms with Gasteiger partial charge in [0.25, 0.3) is 0 Å². The molecule has 2 aromatic heterocycles. The number of likely N-dealkylation sites (tertiary alicyclic amines) is 1. The van der Waals surface area contributed by atoms with E-state index in [0.717, 1.165) is 18.6 Å². The van der Waals surface area contributed by atoms with Crippen LogP contribution in [-0.4, -0.2) is 40.2 Å². The van der Waals surface area contributed by atoms with Gasteiger partial charge in [-0.2, -0.15) is 0 Å². The highest BCUT2D eigenvalue weighted by Gasteiger charge is 2.31. The Morgan fingerprint density at radius 1 is 1.50 bits per heavy atom. The van der Waals surface area contributed by atoms with Gasteiger partial charge in [0.1, 0.15) is 0 Å². The van der Waals surface area contributed by atoms with Crippen molar-refractivity contribution in [2.24, 2.45) is 17.6 Å². The van der Waals surface area contributed by atoms with Crippen molar-refractivity contribution >= 4 is 17.4 Å². The predicted octanol–water partition coefficient (Wildman–Crippen LogP) is 1.39. The highest BCUT2D eigenvalue weighted by atomic mass is 16.2. The average Bonchev–Trinajstić information content (AvgIpc) is 3.01. The van der Waals surface area contributed by atoms with Gasteiger partial charge in [0.2, 0.25) is 0 Å².